The highest BCUT2D eigenvalue weighted by atomic mass is 16.2. The first-order valence-corrected chi connectivity index (χ1v) is 8.17. The predicted octanol–water partition coefficient (Wildman–Crippen LogP) is 1.09. The number of hydrogen-bond donors (Lipinski definition) is 1. The topological polar surface area (TPSA) is 69.3 Å². The van der Waals surface area contributed by atoms with Crippen LogP contribution in [0.3, 0.4) is 0 Å². The third-order valence-corrected chi connectivity index (χ3v) is 5.13. The Morgan fingerprint density at radius 3 is 2.41 bits per heavy atom. The largest absolute Gasteiger partial charge is 0.336 e. The number of H-pyrrole nitrogens is 1. The Hall–Kier alpha value is -1.69. The summed E-state index contributed by atoms with van der Waals surface area (Å²) in [5.41, 5.74) is 1.26. The molecule has 2 fully saturated rings. The van der Waals surface area contributed by atoms with Crippen molar-refractivity contribution in [2.75, 3.05) is 26.2 Å². The molecule has 0 atom stereocenters. The second-order valence-corrected chi connectivity index (χ2v) is 6.40. The summed E-state index contributed by atoms with van der Waals surface area (Å²) in [6, 6.07) is 0.700. The fraction of sp³-hybridized carbons (Fsp3) is 0.688. The van der Waals surface area contributed by atoms with Gasteiger partial charge in [0.15, 0.2) is 0 Å². The summed E-state index contributed by atoms with van der Waals surface area (Å²) in [7, 11) is 0. The predicted molar refractivity (Wildman–Crippen MR) is 84.1 cm³/mol. The summed E-state index contributed by atoms with van der Waals surface area (Å²) >= 11 is 0. The van der Waals surface area contributed by atoms with E-state index < -0.39 is 0 Å². The lowest BCUT2D eigenvalue weighted by atomic mass is 10.1. The van der Waals surface area contributed by atoms with E-state index in [2.05, 4.69) is 15.1 Å². The molecule has 2 aliphatic rings. The van der Waals surface area contributed by atoms with E-state index in [-0.39, 0.29) is 17.0 Å². The highest BCUT2D eigenvalue weighted by Crippen LogP contribution is 2.24. The summed E-state index contributed by atoms with van der Waals surface area (Å²) < 4.78 is 0. The van der Waals surface area contributed by atoms with Gasteiger partial charge in [-0.15, -0.1) is 0 Å². The number of aryl methyl sites for hydroxylation is 1. The first kappa shape index (κ1) is 15.2. The molecule has 1 saturated heterocycles. The van der Waals surface area contributed by atoms with E-state index in [9.17, 15) is 9.59 Å². The fourth-order valence-electron chi connectivity index (χ4n) is 3.60. The number of aromatic nitrogens is 2. The molecule has 0 spiro atoms. The van der Waals surface area contributed by atoms with Gasteiger partial charge in [-0.1, -0.05) is 12.8 Å². The molecule has 0 bridgehead atoms. The minimum atomic E-state index is -0.383. The maximum atomic E-state index is 12.7. The Morgan fingerprint density at radius 2 is 1.77 bits per heavy atom. The summed E-state index contributed by atoms with van der Waals surface area (Å²) in [6.45, 7) is 6.83. The Morgan fingerprint density at radius 1 is 1.14 bits per heavy atom. The van der Waals surface area contributed by atoms with Crippen LogP contribution in [-0.4, -0.2) is 58.1 Å². The van der Waals surface area contributed by atoms with Crippen molar-refractivity contribution < 1.29 is 4.79 Å². The molecule has 6 heteroatoms. The van der Waals surface area contributed by atoms with E-state index in [0.29, 0.717) is 30.4 Å². The van der Waals surface area contributed by atoms with Gasteiger partial charge in [-0.2, -0.15) is 5.10 Å². The second kappa shape index (κ2) is 6.20. The van der Waals surface area contributed by atoms with Gasteiger partial charge in [0, 0.05) is 32.2 Å². The van der Waals surface area contributed by atoms with Crippen LogP contribution in [0.2, 0.25) is 0 Å². The summed E-state index contributed by atoms with van der Waals surface area (Å²) in [5.74, 6) is -0.157. The number of rotatable bonds is 2. The van der Waals surface area contributed by atoms with Gasteiger partial charge < -0.3 is 4.90 Å². The minimum absolute atomic E-state index is 0.157. The number of aromatic amines is 1. The Bertz CT molecular complexity index is 611. The Balaban J connectivity index is 1.70. The molecule has 1 N–H and O–H groups in total. The van der Waals surface area contributed by atoms with Crippen LogP contribution in [0.4, 0.5) is 0 Å². The van der Waals surface area contributed by atoms with Crippen molar-refractivity contribution in [2.45, 2.75) is 45.6 Å². The van der Waals surface area contributed by atoms with Gasteiger partial charge in [0.1, 0.15) is 5.56 Å². The van der Waals surface area contributed by atoms with Crippen LogP contribution >= 0.6 is 0 Å². The lowest BCUT2D eigenvalue weighted by molar-refractivity contribution is 0.0570. The zero-order valence-electron chi connectivity index (χ0n) is 13.4. The molecule has 0 radical (unpaired) electrons. The van der Waals surface area contributed by atoms with Crippen LogP contribution in [0.5, 0.6) is 0 Å². The van der Waals surface area contributed by atoms with Crippen LogP contribution in [-0.2, 0) is 0 Å². The van der Waals surface area contributed by atoms with E-state index >= 15 is 0 Å². The summed E-state index contributed by atoms with van der Waals surface area (Å²) in [4.78, 5) is 29.0. The average molecular weight is 304 g/mol. The van der Waals surface area contributed by atoms with Gasteiger partial charge in [-0.25, -0.2) is 5.10 Å². The van der Waals surface area contributed by atoms with Crippen LogP contribution < -0.4 is 5.56 Å². The van der Waals surface area contributed by atoms with E-state index in [4.69, 9.17) is 0 Å². The van der Waals surface area contributed by atoms with Crippen molar-refractivity contribution in [3.8, 4) is 0 Å². The molecule has 2 heterocycles. The van der Waals surface area contributed by atoms with E-state index in [1.54, 1.807) is 13.8 Å². The van der Waals surface area contributed by atoms with Crippen molar-refractivity contribution in [1.29, 1.82) is 0 Å². The first-order valence-electron chi connectivity index (χ1n) is 8.17. The van der Waals surface area contributed by atoms with E-state index in [1.165, 1.54) is 25.7 Å². The van der Waals surface area contributed by atoms with Crippen molar-refractivity contribution in [2.24, 2.45) is 0 Å². The van der Waals surface area contributed by atoms with Crippen molar-refractivity contribution in [3.05, 3.63) is 27.2 Å². The third-order valence-electron chi connectivity index (χ3n) is 5.13. The fourth-order valence-corrected chi connectivity index (χ4v) is 3.60. The number of amides is 1. The number of nitrogens with zero attached hydrogens (tertiary/aromatic N) is 3. The summed E-state index contributed by atoms with van der Waals surface area (Å²) in [6.07, 6.45) is 5.23. The lowest BCUT2D eigenvalue weighted by Crippen LogP contribution is -2.52. The number of carbonyl (C=O) groups excluding carboxylic acids is 1. The second-order valence-electron chi connectivity index (χ2n) is 6.40. The average Bonchev–Trinajstić information content (AvgIpc) is 3.06. The van der Waals surface area contributed by atoms with Gasteiger partial charge >= 0.3 is 0 Å². The molecule has 3 rings (SSSR count). The van der Waals surface area contributed by atoms with Gasteiger partial charge in [0.05, 0.1) is 5.69 Å². The monoisotopic (exact) mass is 304 g/mol. The molecule has 120 valence electrons. The Kier molecular flexibility index (Phi) is 4.29. The van der Waals surface area contributed by atoms with Crippen LogP contribution in [0.1, 0.15) is 47.3 Å². The Labute approximate surface area is 130 Å². The SMILES string of the molecule is Cc1n[nH]c(=O)c(C(=O)N2CCN(C3CCCC3)CC2)c1C. The minimum Gasteiger partial charge on any atom is -0.336 e. The van der Waals surface area contributed by atoms with Crippen LogP contribution in [0.15, 0.2) is 4.79 Å². The molecule has 1 aromatic rings. The number of carbonyl (C=O) groups is 1. The van der Waals surface area contributed by atoms with Gasteiger partial charge in [-0.3, -0.25) is 14.5 Å². The number of hydrogen-bond acceptors (Lipinski definition) is 4. The van der Waals surface area contributed by atoms with Crippen molar-refractivity contribution in [1.82, 2.24) is 20.0 Å². The standard InChI is InChI=1S/C16H24N4O2/c1-11-12(2)17-18-15(21)14(11)16(22)20-9-7-19(8-10-20)13-5-3-4-6-13/h13H,3-10H2,1-2H3,(H,18,21). The maximum absolute atomic E-state index is 12.7. The molecular formula is C16H24N4O2. The van der Waals surface area contributed by atoms with Gasteiger partial charge in [-0.05, 0) is 32.3 Å². The molecule has 1 amide bonds. The lowest BCUT2D eigenvalue weighted by Gasteiger charge is -2.38. The normalized spacial score (nSPS) is 20.5. The number of nitrogens with one attached hydrogen (secondary N) is 1. The highest BCUT2D eigenvalue weighted by molar-refractivity contribution is 5.95. The highest BCUT2D eigenvalue weighted by Gasteiger charge is 2.29. The van der Waals surface area contributed by atoms with Crippen LogP contribution in [0.25, 0.3) is 0 Å². The van der Waals surface area contributed by atoms with Gasteiger partial charge in [0.25, 0.3) is 11.5 Å². The molecule has 6 nitrogen and oxygen atoms in total. The van der Waals surface area contributed by atoms with Gasteiger partial charge in [0.2, 0.25) is 0 Å². The maximum Gasteiger partial charge on any atom is 0.277 e. The van der Waals surface area contributed by atoms with Crippen molar-refractivity contribution >= 4 is 5.91 Å². The molecule has 22 heavy (non-hydrogen) atoms. The van der Waals surface area contributed by atoms with E-state index in [0.717, 1.165) is 13.1 Å². The van der Waals surface area contributed by atoms with E-state index in [1.807, 2.05) is 4.90 Å². The molecule has 1 aliphatic heterocycles. The molecule has 1 aromatic heterocycles. The zero-order valence-corrected chi connectivity index (χ0v) is 13.4. The molecular weight excluding hydrogens is 280 g/mol. The van der Waals surface area contributed by atoms with Crippen molar-refractivity contribution in [3.63, 3.8) is 0 Å². The quantitative estimate of drug-likeness (QED) is 0.888. The third kappa shape index (κ3) is 2.79. The molecule has 1 saturated carbocycles. The smallest absolute Gasteiger partial charge is 0.277 e. The number of piperazine rings is 1. The molecule has 0 unspecified atom stereocenters. The first-order chi connectivity index (χ1) is 10.6. The zero-order chi connectivity index (χ0) is 15.7. The van der Waals surface area contributed by atoms with Crippen LogP contribution in [0, 0.1) is 13.8 Å². The molecule has 0 aromatic carbocycles. The molecule has 1 aliphatic carbocycles. The summed E-state index contributed by atoms with van der Waals surface area (Å²) in [5, 5.41) is 6.33.